The molecule has 5 heteroatoms. The first-order chi connectivity index (χ1) is 10.1. The number of piperidine rings is 1. The van der Waals surface area contributed by atoms with Gasteiger partial charge in [-0.2, -0.15) is 0 Å². The Morgan fingerprint density at radius 2 is 1.81 bits per heavy atom. The number of carboxylic acid groups (broad SMARTS) is 2. The van der Waals surface area contributed by atoms with Gasteiger partial charge in [0.15, 0.2) is 0 Å². The van der Waals surface area contributed by atoms with E-state index in [2.05, 4.69) is 11.8 Å². The standard InChI is InChI=1S/C16H17NO4/c18-15(19)13-8-10-17(11-14(13)16(20)21)9-4-7-12-5-2-1-3-6-12/h1-3,5-6,13-14H,8-11H2,(H,18,19)(H,20,21). The number of likely N-dealkylation sites (tertiary alicyclic amines) is 1. The molecule has 1 aromatic rings. The minimum atomic E-state index is -1.05. The second kappa shape index (κ2) is 6.91. The first-order valence-electron chi connectivity index (χ1n) is 6.80. The lowest BCUT2D eigenvalue weighted by molar-refractivity contribution is -0.156. The van der Waals surface area contributed by atoms with E-state index >= 15 is 0 Å². The number of carboxylic acids is 2. The van der Waals surface area contributed by atoms with Crippen molar-refractivity contribution in [2.24, 2.45) is 11.8 Å². The molecule has 0 aliphatic carbocycles. The van der Waals surface area contributed by atoms with Crippen molar-refractivity contribution < 1.29 is 19.8 Å². The van der Waals surface area contributed by atoms with E-state index in [1.807, 2.05) is 35.2 Å². The van der Waals surface area contributed by atoms with Crippen molar-refractivity contribution in [3.8, 4) is 11.8 Å². The Labute approximate surface area is 123 Å². The van der Waals surface area contributed by atoms with Crippen molar-refractivity contribution in [2.45, 2.75) is 6.42 Å². The number of nitrogens with zero attached hydrogens (tertiary/aromatic N) is 1. The van der Waals surface area contributed by atoms with Crippen LogP contribution in [0.5, 0.6) is 0 Å². The molecule has 0 radical (unpaired) electrons. The number of hydrogen-bond acceptors (Lipinski definition) is 3. The summed E-state index contributed by atoms with van der Waals surface area (Å²) < 4.78 is 0. The highest BCUT2D eigenvalue weighted by molar-refractivity contribution is 5.80. The van der Waals surface area contributed by atoms with Gasteiger partial charge in [0.25, 0.3) is 0 Å². The largest absolute Gasteiger partial charge is 0.481 e. The lowest BCUT2D eigenvalue weighted by Gasteiger charge is -2.33. The van der Waals surface area contributed by atoms with Crippen molar-refractivity contribution in [3.05, 3.63) is 35.9 Å². The third-order valence-electron chi connectivity index (χ3n) is 3.64. The van der Waals surface area contributed by atoms with Gasteiger partial charge in [-0.3, -0.25) is 14.5 Å². The van der Waals surface area contributed by atoms with Gasteiger partial charge in [-0.25, -0.2) is 0 Å². The first-order valence-corrected chi connectivity index (χ1v) is 6.80. The highest BCUT2D eigenvalue weighted by atomic mass is 16.4. The molecule has 0 spiro atoms. The molecule has 0 aromatic heterocycles. The predicted molar refractivity (Wildman–Crippen MR) is 76.6 cm³/mol. The molecule has 110 valence electrons. The van der Waals surface area contributed by atoms with Crippen LogP contribution < -0.4 is 0 Å². The molecule has 2 N–H and O–H groups in total. The summed E-state index contributed by atoms with van der Waals surface area (Å²) in [6, 6.07) is 9.54. The fraction of sp³-hybridized carbons (Fsp3) is 0.375. The molecule has 1 aromatic carbocycles. The van der Waals surface area contributed by atoms with Gasteiger partial charge < -0.3 is 10.2 Å². The van der Waals surface area contributed by atoms with E-state index in [-0.39, 0.29) is 6.54 Å². The molecule has 1 aliphatic rings. The Morgan fingerprint density at radius 3 is 2.43 bits per heavy atom. The van der Waals surface area contributed by atoms with E-state index < -0.39 is 23.8 Å². The zero-order valence-corrected chi connectivity index (χ0v) is 11.5. The number of aliphatic carboxylic acids is 2. The van der Waals surface area contributed by atoms with E-state index in [0.717, 1.165) is 5.56 Å². The molecule has 0 amide bonds. The van der Waals surface area contributed by atoms with Crippen LogP contribution in [0.4, 0.5) is 0 Å². The molecule has 21 heavy (non-hydrogen) atoms. The summed E-state index contributed by atoms with van der Waals surface area (Å²) in [4.78, 5) is 24.1. The van der Waals surface area contributed by atoms with Gasteiger partial charge in [-0.15, -0.1) is 0 Å². The van der Waals surface area contributed by atoms with Crippen molar-refractivity contribution in [2.75, 3.05) is 19.6 Å². The highest BCUT2D eigenvalue weighted by Crippen LogP contribution is 2.24. The molecule has 1 saturated heterocycles. The van der Waals surface area contributed by atoms with Crippen molar-refractivity contribution >= 4 is 11.9 Å². The first kappa shape index (κ1) is 15.1. The molecule has 1 fully saturated rings. The molecule has 1 aliphatic heterocycles. The normalized spacial score (nSPS) is 22.1. The lowest BCUT2D eigenvalue weighted by atomic mass is 9.85. The quantitative estimate of drug-likeness (QED) is 0.815. The smallest absolute Gasteiger partial charge is 0.308 e. The van der Waals surface area contributed by atoms with Crippen LogP contribution in [0.3, 0.4) is 0 Å². The van der Waals surface area contributed by atoms with Crippen LogP contribution in [0.2, 0.25) is 0 Å². The minimum absolute atomic E-state index is 0.232. The van der Waals surface area contributed by atoms with E-state index in [0.29, 0.717) is 19.5 Å². The summed E-state index contributed by atoms with van der Waals surface area (Å²) in [6.45, 7) is 1.24. The maximum atomic E-state index is 11.2. The van der Waals surface area contributed by atoms with Gasteiger partial charge in [0.1, 0.15) is 0 Å². The number of benzene rings is 1. The van der Waals surface area contributed by atoms with Crippen LogP contribution in [-0.4, -0.2) is 46.7 Å². The molecule has 2 unspecified atom stereocenters. The molecule has 2 atom stereocenters. The maximum Gasteiger partial charge on any atom is 0.308 e. The Hall–Kier alpha value is -2.32. The topological polar surface area (TPSA) is 77.8 Å². The molecule has 2 rings (SSSR count). The molecular weight excluding hydrogens is 270 g/mol. The van der Waals surface area contributed by atoms with Gasteiger partial charge in [0.2, 0.25) is 0 Å². The Bertz CT molecular complexity index is 573. The second-order valence-corrected chi connectivity index (χ2v) is 5.08. The third-order valence-corrected chi connectivity index (χ3v) is 3.64. The van der Waals surface area contributed by atoms with Crippen LogP contribution >= 0.6 is 0 Å². The predicted octanol–water partition coefficient (Wildman–Crippen LogP) is 1.15. The SMILES string of the molecule is O=C(O)C1CCN(CC#Cc2ccccc2)CC1C(=O)O. The maximum absolute atomic E-state index is 11.2. The fourth-order valence-corrected chi connectivity index (χ4v) is 2.48. The summed E-state index contributed by atoms with van der Waals surface area (Å²) in [5, 5.41) is 18.2. The van der Waals surface area contributed by atoms with Crippen LogP contribution in [0.15, 0.2) is 30.3 Å². The zero-order chi connectivity index (χ0) is 15.2. The van der Waals surface area contributed by atoms with Crippen LogP contribution in [0, 0.1) is 23.7 Å². The summed E-state index contributed by atoms with van der Waals surface area (Å²) in [7, 11) is 0. The molecule has 0 bridgehead atoms. The van der Waals surface area contributed by atoms with Gasteiger partial charge in [-0.05, 0) is 25.1 Å². The van der Waals surface area contributed by atoms with E-state index in [1.54, 1.807) is 0 Å². The van der Waals surface area contributed by atoms with Gasteiger partial charge in [0.05, 0.1) is 18.4 Å². The van der Waals surface area contributed by atoms with Crippen molar-refractivity contribution in [3.63, 3.8) is 0 Å². The minimum Gasteiger partial charge on any atom is -0.481 e. The Morgan fingerprint density at radius 1 is 1.14 bits per heavy atom. The zero-order valence-electron chi connectivity index (χ0n) is 11.5. The van der Waals surface area contributed by atoms with E-state index in [9.17, 15) is 9.59 Å². The molecular formula is C16H17NO4. The number of rotatable bonds is 3. The Balaban J connectivity index is 1.96. The van der Waals surface area contributed by atoms with Gasteiger partial charge in [-0.1, -0.05) is 30.0 Å². The second-order valence-electron chi connectivity index (χ2n) is 5.08. The Kier molecular flexibility index (Phi) is 4.96. The summed E-state index contributed by atoms with van der Waals surface area (Å²) in [6.07, 6.45) is 0.347. The summed E-state index contributed by atoms with van der Waals surface area (Å²) in [5.74, 6) is 2.27. The molecule has 0 saturated carbocycles. The van der Waals surface area contributed by atoms with E-state index in [4.69, 9.17) is 10.2 Å². The van der Waals surface area contributed by atoms with Gasteiger partial charge in [0, 0.05) is 12.1 Å². The molecule has 5 nitrogen and oxygen atoms in total. The summed E-state index contributed by atoms with van der Waals surface area (Å²) >= 11 is 0. The average Bonchev–Trinajstić information content (AvgIpc) is 2.48. The van der Waals surface area contributed by atoms with Crippen LogP contribution in [0.25, 0.3) is 0 Å². The van der Waals surface area contributed by atoms with Gasteiger partial charge >= 0.3 is 11.9 Å². The van der Waals surface area contributed by atoms with Crippen LogP contribution in [0.1, 0.15) is 12.0 Å². The molecule has 1 heterocycles. The fourth-order valence-electron chi connectivity index (χ4n) is 2.48. The van der Waals surface area contributed by atoms with Crippen LogP contribution in [-0.2, 0) is 9.59 Å². The monoisotopic (exact) mass is 287 g/mol. The third kappa shape index (κ3) is 4.07. The number of carbonyl (C=O) groups is 2. The average molecular weight is 287 g/mol. The van der Waals surface area contributed by atoms with E-state index in [1.165, 1.54) is 0 Å². The summed E-state index contributed by atoms with van der Waals surface area (Å²) in [5.41, 5.74) is 0.910. The van der Waals surface area contributed by atoms with Crippen molar-refractivity contribution in [1.82, 2.24) is 4.90 Å². The number of hydrogen-bond donors (Lipinski definition) is 2. The highest BCUT2D eigenvalue weighted by Gasteiger charge is 2.38. The lowest BCUT2D eigenvalue weighted by Crippen LogP contribution is -2.46. The van der Waals surface area contributed by atoms with Crippen molar-refractivity contribution in [1.29, 1.82) is 0 Å².